The second-order valence-electron chi connectivity index (χ2n) is 5.54. The summed E-state index contributed by atoms with van der Waals surface area (Å²) in [5.74, 6) is 0. The lowest BCUT2D eigenvalue weighted by atomic mass is 10.1. The fourth-order valence-electron chi connectivity index (χ4n) is 2.76. The Bertz CT molecular complexity index is 916. The smallest absolute Gasteiger partial charge is 0.121 e. The van der Waals surface area contributed by atoms with Crippen LogP contribution in [0.3, 0.4) is 0 Å². The molecule has 0 radical (unpaired) electrons. The molecule has 0 unspecified atom stereocenters. The standard InChI is InChI=1S/C20H16N4/c1-3-8-16(9-4-1)15-24-20(18-12-7-13-21-14-18)19(22-23-24)17-10-5-2-6-11-17/h1-14H,15H2. The van der Waals surface area contributed by atoms with Crippen molar-refractivity contribution in [2.24, 2.45) is 0 Å². The number of hydrogen-bond donors (Lipinski definition) is 0. The molecule has 4 heteroatoms. The first-order chi connectivity index (χ1) is 11.9. The van der Waals surface area contributed by atoms with Crippen molar-refractivity contribution in [3.63, 3.8) is 0 Å². The van der Waals surface area contributed by atoms with Gasteiger partial charge in [0.05, 0.1) is 12.2 Å². The molecule has 0 spiro atoms. The maximum Gasteiger partial charge on any atom is 0.121 e. The largest absolute Gasteiger partial charge is 0.264 e. The fourth-order valence-corrected chi connectivity index (χ4v) is 2.76. The van der Waals surface area contributed by atoms with Crippen LogP contribution in [0.2, 0.25) is 0 Å². The third-order valence-electron chi connectivity index (χ3n) is 3.89. The van der Waals surface area contributed by atoms with Gasteiger partial charge in [-0.2, -0.15) is 0 Å². The average Bonchev–Trinajstić information content (AvgIpc) is 3.07. The van der Waals surface area contributed by atoms with Crippen molar-refractivity contribution in [3.05, 3.63) is 90.8 Å². The summed E-state index contributed by atoms with van der Waals surface area (Å²) in [4.78, 5) is 4.25. The lowest BCUT2D eigenvalue weighted by Gasteiger charge is -2.08. The van der Waals surface area contributed by atoms with E-state index in [1.807, 2.05) is 59.4 Å². The molecule has 0 N–H and O–H groups in total. The molecule has 0 bridgehead atoms. The van der Waals surface area contributed by atoms with Crippen LogP contribution >= 0.6 is 0 Å². The van der Waals surface area contributed by atoms with Crippen LogP contribution in [0.4, 0.5) is 0 Å². The minimum absolute atomic E-state index is 0.672. The van der Waals surface area contributed by atoms with E-state index in [1.54, 1.807) is 6.20 Å². The predicted octanol–water partition coefficient (Wildman–Crippen LogP) is 4.06. The van der Waals surface area contributed by atoms with Crippen LogP contribution in [-0.4, -0.2) is 20.0 Å². The molecule has 4 rings (SSSR count). The highest BCUT2D eigenvalue weighted by Crippen LogP contribution is 2.30. The number of hydrogen-bond acceptors (Lipinski definition) is 3. The lowest BCUT2D eigenvalue weighted by Crippen LogP contribution is -2.04. The zero-order valence-corrected chi connectivity index (χ0v) is 13.1. The zero-order valence-electron chi connectivity index (χ0n) is 13.1. The molecule has 0 aliphatic heterocycles. The lowest BCUT2D eigenvalue weighted by molar-refractivity contribution is 0.655. The highest BCUT2D eigenvalue weighted by atomic mass is 15.4. The van der Waals surface area contributed by atoms with Gasteiger partial charge in [0.15, 0.2) is 0 Å². The quantitative estimate of drug-likeness (QED) is 0.571. The van der Waals surface area contributed by atoms with Crippen molar-refractivity contribution in [1.29, 1.82) is 0 Å². The maximum absolute atomic E-state index is 4.44. The first-order valence-corrected chi connectivity index (χ1v) is 7.85. The second-order valence-corrected chi connectivity index (χ2v) is 5.54. The van der Waals surface area contributed by atoms with Crippen molar-refractivity contribution in [2.75, 3.05) is 0 Å². The average molecular weight is 312 g/mol. The van der Waals surface area contributed by atoms with Gasteiger partial charge < -0.3 is 0 Å². The summed E-state index contributed by atoms with van der Waals surface area (Å²) in [6, 6.07) is 24.4. The van der Waals surface area contributed by atoms with Crippen molar-refractivity contribution < 1.29 is 0 Å². The first kappa shape index (κ1) is 14.3. The van der Waals surface area contributed by atoms with E-state index in [-0.39, 0.29) is 0 Å². The van der Waals surface area contributed by atoms with Crippen LogP contribution in [-0.2, 0) is 6.54 Å². The second kappa shape index (κ2) is 6.46. The molecular weight excluding hydrogens is 296 g/mol. The summed E-state index contributed by atoms with van der Waals surface area (Å²) in [7, 11) is 0. The van der Waals surface area contributed by atoms with Crippen molar-refractivity contribution in [3.8, 4) is 22.5 Å². The molecule has 0 fully saturated rings. The Morgan fingerprint density at radius 3 is 2.17 bits per heavy atom. The Morgan fingerprint density at radius 2 is 1.46 bits per heavy atom. The number of pyridine rings is 1. The van der Waals surface area contributed by atoms with Crippen LogP contribution in [0.5, 0.6) is 0 Å². The van der Waals surface area contributed by atoms with Crippen molar-refractivity contribution >= 4 is 0 Å². The van der Waals surface area contributed by atoms with Crippen LogP contribution in [0.25, 0.3) is 22.5 Å². The Balaban J connectivity index is 1.84. The first-order valence-electron chi connectivity index (χ1n) is 7.85. The predicted molar refractivity (Wildman–Crippen MR) is 94.2 cm³/mol. The van der Waals surface area contributed by atoms with E-state index >= 15 is 0 Å². The summed E-state index contributed by atoms with van der Waals surface area (Å²) < 4.78 is 1.94. The Kier molecular flexibility index (Phi) is 3.86. The molecule has 0 atom stereocenters. The minimum Gasteiger partial charge on any atom is -0.264 e. The van der Waals surface area contributed by atoms with Crippen molar-refractivity contribution in [2.45, 2.75) is 6.54 Å². The summed E-state index contributed by atoms with van der Waals surface area (Å²) in [6.07, 6.45) is 3.63. The molecule has 2 aromatic heterocycles. The highest BCUT2D eigenvalue weighted by Gasteiger charge is 2.16. The van der Waals surface area contributed by atoms with Gasteiger partial charge in [0.25, 0.3) is 0 Å². The zero-order chi connectivity index (χ0) is 16.2. The van der Waals surface area contributed by atoms with E-state index in [9.17, 15) is 0 Å². The van der Waals surface area contributed by atoms with Gasteiger partial charge in [-0.1, -0.05) is 65.9 Å². The Morgan fingerprint density at radius 1 is 0.750 bits per heavy atom. The molecule has 4 aromatic rings. The van der Waals surface area contributed by atoms with Crippen LogP contribution < -0.4 is 0 Å². The van der Waals surface area contributed by atoms with Gasteiger partial charge in [-0.3, -0.25) is 4.98 Å². The minimum atomic E-state index is 0.672. The van der Waals surface area contributed by atoms with Gasteiger partial charge in [0.1, 0.15) is 5.69 Å². The Labute approximate surface area is 140 Å². The molecule has 2 heterocycles. The number of benzene rings is 2. The molecule has 116 valence electrons. The number of rotatable bonds is 4. The Hall–Kier alpha value is -3.27. The third kappa shape index (κ3) is 2.82. The fraction of sp³-hybridized carbons (Fsp3) is 0.0500. The molecule has 24 heavy (non-hydrogen) atoms. The summed E-state index contributed by atoms with van der Waals surface area (Å²) >= 11 is 0. The molecule has 0 saturated carbocycles. The summed E-state index contributed by atoms with van der Waals surface area (Å²) in [5.41, 5.74) is 5.11. The van der Waals surface area contributed by atoms with Gasteiger partial charge in [-0.05, 0) is 17.7 Å². The van der Waals surface area contributed by atoms with E-state index < -0.39 is 0 Å². The third-order valence-corrected chi connectivity index (χ3v) is 3.89. The molecule has 0 saturated heterocycles. The van der Waals surface area contributed by atoms with Crippen LogP contribution in [0.1, 0.15) is 5.56 Å². The molecule has 2 aromatic carbocycles. The van der Waals surface area contributed by atoms with Gasteiger partial charge >= 0.3 is 0 Å². The van der Waals surface area contributed by atoms with Crippen LogP contribution in [0.15, 0.2) is 85.2 Å². The molecular formula is C20H16N4. The molecule has 0 aliphatic carbocycles. The van der Waals surface area contributed by atoms with Gasteiger partial charge in [-0.15, -0.1) is 5.10 Å². The van der Waals surface area contributed by atoms with E-state index in [4.69, 9.17) is 0 Å². The highest BCUT2D eigenvalue weighted by molar-refractivity contribution is 5.77. The monoisotopic (exact) mass is 312 g/mol. The summed E-state index contributed by atoms with van der Waals surface area (Å²) in [5, 5.41) is 8.85. The number of aromatic nitrogens is 4. The van der Waals surface area contributed by atoms with E-state index in [2.05, 4.69) is 39.6 Å². The summed E-state index contributed by atoms with van der Waals surface area (Å²) in [6.45, 7) is 0.672. The van der Waals surface area contributed by atoms with E-state index in [1.165, 1.54) is 5.56 Å². The van der Waals surface area contributed by atoms with Gasteiger partial charge in [0, 0.05) is 23.5 Å². The maximum atomic E-state index is 4.44. The van der Waals surface area contributed by atoms with E-state index in [0.717, 1.165) is 22.5 Å². The topological polar surface area (TPSA) is 43.6 Å². The van der Waals surface area contributed by atoms with E-state index in [0.29, 0.717) is 6.54 Å². The number of nitrogens with zero attached hydrogens (tertiary/aromatic N) is 4. The molecule has 4 nitrogen and oxygen atoms in total. The normalized spacial score (nSPS) is 10.7. The molecule has 0 amide bonds. The van der Waals surface area contributed by atoms with Gasteiger partial charge in [0.2, 0.25) is 0 Å². The molecule has 0 aliphatic rings. The SMILES string of the molecule is c1ccc(Cn2nnc(-c3ccccc3)c2-c2cccnc2)cc1. The van der Waals surface area contributed by atoms with Crippen LogP contribution in [0, 0.1) is 0 Å². The van der Waals surface area contributed by atoms with Crippen molar-refractivity contribution in [1.82, 2.24) is 20.0 Å². The van der Waals surface area contributed by atoms with Gasteiger partial charge in [-0.25, -0.2) is 4.68 Å².